The molecule has 94 valence electrons. The molecule has 0 atom stereocenters. The first-order valence-electron chi connectivity index (χ1n) is 5.47. The lowest BCUT2D eigenvalue weighted by atomic mass is 10.0. The maximum absolute atomic E-state index is 11.3. The van der Waals surface area contributed by atoms with Gasteiger partial charge in [0, 0.05) is 13.1 Å². The third-order valence-corrected chi connectivity index (χ3v) is 2.47. The first kappa shape index (κ1) is 12.0. The van der Waals surface area contributed by atoms with Crippen molar-refractivity contribution in [2.45, 2.75) is 26.1 Å². The summed E-state index contributed by atoms with van der Waals surface area (Å²) in [6.07, 6.45) is 0. The molecule has 0 radical (unpaired) electrons. The van der Waals surface area contributed by atoms with Crippen molar-refractivity contribution < 1.29 is 18.8 Å². The summed E-state index contributed by atoms with van der Waals surface area (Å²) in [4.78, 5) is 15.2. The molecule has 2 rings (SSSR count). The van der Waals surface area contributed by atoms with Crippen LogP contribution in [0.2, 0.25) is 0 Å². The van der Waals surface area contributed by atoms with E-state index >= 15 is 0 Å². The number of hydrogen-bond acceptors (Lipinski definition) is 7. The quantitative estimate of drug-likeness (QED) is 0.733. The highest BCUT2D eigenvalue weighted by molar-refractivity contribution is 5.84. The molecule has 1 aromatic heterocycles. The third-order valence-electron chi connectivity index (χ3n) is 2.47. The summed E-state index contributed by atoms with van der Waals surface area (Å²) in [5.41, 5.74) is -0.182. The van der Waals surface area contributed by atoms with Crippen molar-refractivity contribution in [2.24, 2.45) is 0 Å². The van der Waals surface area contributed by atoms with Crippen LogP contribution in [0.1, 0.15) is 30.4 Å². The summed E-state index contributed by atoms with van der Waals surface area (Å²) in [6, 6.07) is 0. The first-order valence-corrected chi connectivity index (χ1v) is 5.47. The van der Waals surface area contributed by atoms with Crippen LogP contribution >= 0.6 is 0 Å². The molecule has 1 aliphatic heterocycles. The number of carbonyl (C=O) groups excluding carboxylic acids is 1. The van der Waals surface area contributed by atoms with Gasteiger partial charge in [-0.1, -0.05) is 0 Å². The van der Waals surface area contributed by atoms with Gasteiger partial charge in [0.25, 0.3) is 11.7 Å². The Bertz CT molecular complexity index is 400. The van der Waals surface area contributed by atoms with Crippen molar-refractivity contribution in [3.05, 3.63) is 11.7 Å². The summed E-state index contributed by atoms with van der Waals surface area (Å²) in [5, 5.41) is 6.64. The average Bonchev–Trinajstić information content (AvgIpc) is 2.73. The lowest BCUT2D eigenvalue weighted by molar-refractivity contribution is -0.0841. The smallest absolute Gasteiger partial charge is 0.379 e. The van der Waals surface area contributed by atoms with Crippen LogP contribution in [0.15, 0.2) is 4.52 Å². The number of carbonyl (C=O) groups is 1. The van der Waals surface area contributed by atoms with E-state index in [2.05, 4.69) is 15.5 Å². The highest BCUT2D eigenvalue weighted by atomic mass is 16.5. The molecule has 1 aliphatic rings. The predicted molar refractivity (Wildman–Crippen MR) is 56.3 cm³/mol. The Morgan fingerprint density at radius 3 is 2.94 bits per heavy atom. The number of rotatable bonds is 5. The van der Waals surface area contributed by atoms with E-state index in [9.17, 15) is 4.79 Å². The number of nitrogens with one attached hydrogen (secondary N) is 1. The first-order chi connectivity index (χ1) is 8.13. The molecule has 1 aromatic rings. The van der Waals surface area contributed by atoms with Gasteiger partial charge in [0.2, 0.25) is 0 Å². The van der Waals surface area contributed by atoms with Crippen molar-refractivity contribution >= 4 is 5.97 Å². The van der Waals surface area contributed by atoms with Gasteiger partial charge in [-0.3, -0.25) is 0 Å². The van der Waals surface area contributed by atoms with Crippen LogP contribution in [0.3, 0.4) is 0 Å². The van der Waals surface area contributed by atoms with Crippen molar-refractivity contribution in [1.82, 2.24) is 15.5 Å². The van der Waals surface area contributed by atoms with Gasteiger partial charge in [-0.05, 0) is 19.0 Å². The van der Waals surface area contributed by atoms with Crippen molar-refractivity contribution in [1.29, 1.82) is 0 Å². The van der Waals surface area contributed by atoms with Crippen LogP contribution < -0.4 is 5.32 Å². The number of hydrogen-bond donors (Lipinski definition) is 1. The molecule has 2 heterocycles. The van der Waals surface area contributed by atoms with E-state index in [1.807, 2.05) is 6.92 Å². The fourth-order valence-corrected chi connectivity index (χ4v) is 1.41. The number of aromatic nitrogens is 2. The maximum atomic E-state index is 11.3. The van der Waals surface area contributed by atoms with E-state index in [1.165, 1.54) is 0 Å². The Balaban J connectivity index is 1.87. The van der Waals surface area contributed by atoms with Gasteiger partial charge in [0.1, 0.15) is 6.61 Å². The molecular formula is C10H15N3O4. The average molecular weight is 241 g/mol. The van der Waals surface area contributed by atoms with Crippen molar-refractivity contribution in [3.8, 4) is 0 Å². The second kappa shape index (κ2) is 4.80. The number of esters is 1. The molecule has 0 bridgehead atoms. The standard InChI is InChI=1S/C10H15N3O4/c1-3-15-9(14)8-12-7(17-13-8)4-16-10(2)5-11-6-10/h11H,3-6H2,1-2H3. The second-order valence-electron chi connectivity index (χ2n) is 4.07. The van der Waals surface area contributed by atoms with E-state index in [0.29, 0.717) is 0 Å². The van der Waals surface area contributed by atoms with E-state index < -0.39 is 5.97 Å². The van der Waals surface area contributed by atoms with Gasteiger partial charge in [0.05, 0.1) is 12.2 Å². The highest BCUT2D eigenvalue weighted by Gasteiger charge is 2.33. The zero-order valence-corrected chi connectivity index (χ0v) is 9.86. The maximum Gasteiger partial charge on any atom is 0.379 e. The van der Waals surface area contributed by atoms with Gasteiger partial charge in [-0.2, -0.15) is 4.98 Å². The molecule has 7 heteroatoms. The molecule has 17 heavy (non-hydrogen) atoms. The van der Waals surface area contributed by atoms with Crippen LogP contribution in [-0.4, -0.2) is 41.4 Å². The Hall–Kier alpha value is -1.47. The normalized spacial score (nSPS) is 17.5. The molecule has 0 unspecified atom stereocenters. The monoisotopic (exact) mass is 241 g/mol. The van der Waals surface area contributed by atoms with Gasteiger partial charge in [-0.25, -0.2) is 4.79 Å². The van der Waals surface area contributed by atoms with Gasteiger partial charge < -0.3 is 19.3 Å². The minimum absolute atomic E-state index is 0.0673. The van der Waals surface area contributed by atoms with Gasteiger partial charge in [0.15, 0.2) is 0 Å². The molecule has 1 fully saturated rings. The molecule has 0 saturated carbocycles. The largest absolute Gasteiger partial charge is 0.460 e. The Morgan fingerprint density at radius 2 is 2.35 bits per heavy atom. The van der Waals surface area contributed by atoms with Crippen LogP contribution in [-0.2, 0) is 16.1 Å². The molecule has 1 N–H and O–H groups in total. The second-order valence-corrected chi connectivity index (χ2v) is 4.07. The predicted octanol–water partition coefficient (Wildman–Crippen LogP) is 0.125. The number of nitrogens with zero attached hydrogens (tertiary/aromatic N) is 2. The van der Waals surface area contributed by atoms with Crippen LogP contribution in [0.5, 0.6) is 0 Å². The fourth-order valence-electron chi connectivity index (χ4n) is 1.41. The van der Waals surface area contributed by atoms with Crippen molar-refractivity contribution in [3.63, 3.8) is 0 Å². The molecule has 0 spiro atoms. The minimum atomic E-state index is -0.584. The summed E-state index contributed by atoms with van der Waals surface area (Å²) < 4.78 is 15.2. The molecule has 0 amide bonds. The van der Waals surface area contributed by atoms with Gasteiger partial charge >= 0.3 is 5.97 Å². The minimum Gasteiger partial charge on any atom is -0.460 e. The molecule has 0 aromatic carbocycles. The number of ether oxygens (including phenoxy) is 2. The SMILES string of the molecule is CCOC(=O)c1noc(COC2(C)CNC2)n1. The Kier molecular flexibility index (Phi) is 3.39. The molecule has 7 nitrogen and oxygen atoms in total. The summed E-state index contributed by atoms with van der Waals surface area (Å²) in [6.45, 7) is 5.78. The Morgan fingerprint density at radius 1 is 1.59 bits per heavy atom. The van der Waals surface area contributed by atoms with Gasteiger partial charge in [-0.15, -0.1) is 0 Å². The Labute approximate surface area is 98.5 Å². The molecule has 0 aliphatic carbocycles. The lowest BCUT2D eigenvalue weighted by Crippen LogP contribution is -2.58. The summed E-state index contributed by atoms with van der Waals surface area (Å²) in [5.74, 6) is -0.373. The molecule has 1 saturated heterocycles. The van der Waals surface area contributed by atoms with E-state index in [4.69, 9.17) is 14.0 Å². The van der Waals surface area contributed by atoms with E-state index in [0.717, 1.165) is 13.1 Å². The van der Waals surface area contributed by atoms with E-state index in [1.54, 1.807) is 6.92 Å². The van der Waals surface area contributed by atoms with Crippen molar-refractivity contribution in [2.75, 3.05) is 19.7 Å². The summed E-state index contributed by atoms with van der Waals surface area (Å²) in [7, 11) is 0. The highest BCUT2D eigenvalue weighted by Crippen LogP contribution is 2.17. The van der Waals surface area contributed by atoms with Crippen LogP contribution in [0.4, 0.5) is 0 Å². The summed E-state index contributed by atoms with van der Waals surface area (Å²) >= 11 is 0. The zero-order chi connectivity index (χ0) is 12.3. The third kappa shape index (κ3) is 2.80. The fraction of sp³-hybridized carbons (Fsp3) is 0.700. The molecular weight excluding hydrogens is 226 g/mol. The van der Waals surface area contributed by atoms with Crippen LogP contribution in [0.25, 0.3) is 0 Å². The van der Waals surface area contributed by atoms with Crippen LogP contribution in [0, 0.1) is 0 Å². The van der Waals surface area contributed by atoms with E-state index in [-0.39, 0.29) is 30.5 Å². The lowest BCUT2D eigenvalue weighted by Gasteiger charge is -2.38. The zero-order valence-electron chi connectivity index (χ0n) is 9.86. The topological polar surface area (TPSA) is 86.5 Å².